The van der Waals surface area contributed by atoms with Crippen LogP contribution in [0, 0.1) is 0 Å². The summed E-state index contributed by atoms with van der Waals surface area (Å²) >= 11 is 0. The van der Waals surface area contributed by atoms with Gasteiger partial charge in [-0.3, -0.25) is 4.79 Å². The third kappa shape index (κ3) is 12.4. The van der Waals surface area contributed by atoms with Gasteiger partial charge in [0.1, 0.15) is 11.4 Å². The average molecular weight is 675 g/mol. The van der Waals surface area contributed by atoms with Crippen LogP contribution >= 0.6 is 0 Å². The van der Waals surface area contributed by atoms with Crippen LogP contribution in [0.15, 0.2) is 24.3 Å². The molecule has 0 bridgehead atoms. The number of carbonyl (C=O) groups is 2. The Morgan fingerprint density at radius 1 is 0.745 bits per heavy atom. The highest BCUT2D eigenvalue weighted by molar-refractivity contribution is 7.85. The minimum Gasteiger partial charge on any atom is -0.494 e. The quantitative estimate of drug-likeness (QED) is 0.182. The Hall–Kier alpha value is -3.27. The van der Waals surface area contributed by atoms with Crippen molar-refractivity contribution in [3.05, 3.63) is 57.6 Å². The van der Waals surface area contributed by atoms with Crippen LogP contribution in [0.5, 0.6) is 11.5 Å². The van der Waals surface area contributed by atoms with E-state index < -0.39 is 27.9 Å². The van der Waals surface area contributed by atoms with E-state index in [-0.39, 0.29) is 35.8 Å². The number of carbonyl (C=O) groups excluding carboxylic acids is 2. The standard InChI is InChI=1S/C37H58N2O7S/c1-22(2)27-17-29(23(3)4)33(30(18-27)24(5)6)21-34(40)39-47(42,43)46-35-31(25(7)8)19-28(20-32(35)26(9)10)44-16-14-15-38-36(41)45-37(11,12)13/h17-20,22-26H,14-16,21H2,1-13H3,(H,38,41)(H,39,40). The molecule has 2 N–H and O–H groups in total. The molecule has 0 aliphatic carbocycles. The van der Waals surface area contributed by atoms with Crippen molar-refractivity contribution in [2.75, 3.05) is 13.2 Å². The lowest BCUT2D eigenvalue weighted by atomic mass is 9.83. The molecule has 0 aromatic heterocycles. The summed E-state index contributed by atoms with van der Waals surface area (Å²) in [5.41, 5.74) is 4.87. The first-order valence-electron chi connectivity index (χ1n) is 16.8. The molecule has 0 fully saturated rings. The second-order valence-electron chi connectivity index (χ2n) is 14.8. The Morgan fingerprint density at radius 2 is 1.23 bits per heavy atom. The summed E-state index contributed by atoms with van der Waals surface area (Å²) in [4.78, 5) is 25.2. The Morgan fingerprint density at radius 3 is 1.66 bits per heavy atom. The number of ether oxygens (including phenoxy) is 2. The average Bonchev–Trinajstić information content (AvgIpc) is 2.91. The summed E-state index contributed by atoms with van der Waals surface area (Å²) in [5, 5.41) is 2.71. The van der Waals surface area contributed by atoms with Gasteiger partial charge in [-0.2, -0.15) is 8.42 Å². The highest BCUT2D eigenvalue weighted by atomic mass is 32.2. The molecule has 0 saturated carbocycles. The topological polar surface area (TPSA) is 120 Å². The lowest BCUT2D eigenvalue weighted by molar-refractivity contribution is -0.118. The molecule has 264 valence electrons. The van der Waals surface area contributed by atoms with Crippen LogP contribution in [0.3, 0.4) is 0 Å². The normalized spacial score (nSPS) is 12.3. The van der Waals surface area contributed by atoms with Gasteiger partial charge in [-0.15, -0.1) is 0 Å². The van der Waals surface area contributed by atoms with Crippen molar-refractivity contribution in [2.24, 2.45) is 0 Å². The first-order chi connectivity index (χ1) is 21.6. The molecular formula is C37H58N2O7S. The summed E-state index contributed by atoms with van der Waals surface area (Å²) in [6.07, 6.45) is -0.0179. The van der Waals surface area contributed by atoms with E-state index in [1.807, 2.05) is 27.7 Å². The molecule has 9 nitrogen and oxygen atoms in total. The van der Waals surface area contributed by atoms with Gasteiger partial charge >= 0.3 is 16.4 Å². The molecule has 10 heteroatoms. The van der Waals surface area contributed by atoms with Gasteiger partial charge in [0.05, 0.1) is 13.0 Å². The summed E-state index contributed by atoms with van der Waals surface area (Å²) < 4.78 is 45.9. The number of nitrogens with one attached hydrogen (secondary N) is 2. The van der Waals surface area contributed by atoms with Crippen LogP contribution < -0.4 is 19.0 Å². The van der Waals surface area contributed by atoms with Crippen molar-refractivity contribution in [1.82, 2.24) is 10.0 Å². The third-order valence-electron chi connectivity index (χ3n) is 7.64. The van der Waals surface area contributed by atoms with E-state index in [1.54, 1.807) is 32.9 Å². The summed E-state index contributed by atoms with van der Waals surface area (Å²) in [6, 6.07) is 7.81. The molecule has 0 aliphatic rings. The predicted molar refractivity (Wildman–Crippen MR) is 189 cm³/mol. The fourth-order valence-corrected chi connectivity index (χ4v) is 6.03. The van der Waals surface area contributed by atoms with Crippen molar-refractivity contribution in [2.45, 2.75) is 138 Å². The van der Waals surface area contributed by atoms with Crippen LogP contribution in [-0.2, 0) is 26.3 Å². The van der Waals surface area contributed by atoms with Gasteiger partial charge in [0, 0.05) is 17.7 Å². The minimum atomic E-state index is -4.50. The van der Waals surface area contributed by atoms with Crippen molar-refractivity contribution in [1.29, 1.82) is 0 Å². The number of benzene rings is 2. The van der Waals surface area contributed by atoms with E-state index in [0.717, 1.165) is 16.7 Å². The smallest absolute Gasteiger partial charge is 0.409 e. The maximum atomic E-state index is 13.4. The molecule has 0 saturated heterocycles. The number of hydrogen-bond donors (Lipinski definition) is 2. The van der Waals surface area contributed by atoms with Crippen LogP contribution in [0.1, 0.15) is 159 Å². The zero-order chi connectivity index (χ0) is 35.9. The van der Waals surface area contributed by atoms with Gasteiger partial charge in [0.2, 0.25) is 5.91 Å². The molecule has 0 aliphatic heterocycles. The monoisotopic (exact) mass is 674 g/mol. The van der Waals surface area contributed by atoms with Gasteiger partial charge in [-0.25, -0.2) is 9.52 Å². The lowest BCUT2D eigenvalue weighted by Crippen LogP contribution is -2.36. The number of rotatable bonds is 15. The first kappa shape index (κ1) is 39.9. The van der Waals surface area contributed by atoms with Crippen LogP contribution in [-0.4, -0.2) is 39.2 Å². The SMILES string of the molecule is CC(C)c1cc(C(C)C)c(CC(=O)NS(=O)(=O)Oc2c(C(C)C)cc(OCCCNC(=O)OC(C)(C)C)cc2C(C)C)c(C(C)C)c1. The molecular weight excluding hydrogens is 616 g/mol. The van der Waals surface area contributed by atoms with Gasteiger partial charge in [-0.05, 0) is 91.2 Å². The largest absolute Gasteiger partial charge is 0.494 e. The number of amides is 2. The third-order valence-corrected chi connectivity index (χ3v) is 8.51. The van der Waals surface area contributed by atoms with Gasteiger partial charge in [0.15, 0.2) is 5.75 Å². The number of alkyl carbamates (subject to hydrolysis) is 1. The molecule has 0 atom stereocenters. The second-order valence-corrected chi connectivity index (χ2v) is 16.0. The fourth-order valence-electron chi connectivity index (χ4n) is 5.23. The molecule has 47 heavy (non-hydrogen) atoms. The Kier molecular flexibility index (Phi) is 14.2. The van der Waals surface area contributed by atoms with Crippen molar-refractivity contribution in [3.63, 3.8) is 0 Å². The molecule has 0 radical (unpaired) electrons. The zero-order valence-electron chi connectivity index (χ0n) is 30.8. The van der Waals surface area contributed by atoms with E-state index in [2.05, 4.69) is 63.7 Å². The summed E-state index contributed by atoms with van der Waals surface area (Å²) in [6.45, 7) is 26.5. The highest BCUT2D eigenvalue weighted by Gasteiger charge is 2.26. The van der Waals surface area contributed by atoms with Gasteiger partial charge in [-0.1, -0.05) is 81.4 Å². The Labute approximate surface area is 283 Å². The van der Waals surface area contributed by atoms with E-state index >= 15 is 0 Å². The number of hydrogen-bond acceptors (Lipinski definition) is 7. The molecule has 0 heterocycles. The molecule has 0 spiro atoms. The van der Waals surface area contributed by atoms with Crippen LogP contribution in [0.4, 0.5) is 4.79 Å². The van der Waals surface area contributed by atoms with E-state index in [9.17, 15) is 18.0 Å². The maximum absolute atomic E-state index is 13.4. The second kappa shape index (κ2) is 16.7. The summed E-state index contributed by atoms with van der Waals surface area (Å²) in [7, 11) is -4.50. The maximum Gasteiger partial charge on any atom is 0.409 e. The molecule has 0 unspecified atom stereocenters. The first-order valence-corrected chi connectivity index (χ1v) is 18.2. The summed E-state index contributed by atoms with van der Waals surface area (Å²) in [5.74, 6) is 0.544. The molecule has 2 rings (SSSR count). The Balaban J connectivity index is 2.28. The molecule has 2 aromatic carbocycles. The van der Waals surface area contributed by atoms with Crippen molar-refractivity contribution < 1.29 is 31.7 Å². The van der Waals surface area contributed by atoms with E-state index in [4.69, 9.17) is 13.7 Å². The van der Waals surface area contributed by atoms with E-state index in [0.29, 0.717) is 42.4 Å². The van der Waals surface area contributed by atoms with E-state index in [1.165, 1.54) is 5.56 Å². The molecule has 2 aromatic rings. The van der Waals surface area contributed by atoms with Crippen molar-refractivity contribution >= 4 is 22.3 Å². The van der Waals surface area contributed by atoms with Crippen LogP contribution in [0.25, 0.3) is 0 Å². The van der Waals surface area contributed by atoms with Gasteiger partial charge in [0.25, 0.3) is 0 Å². The Bertz CT molecular complexity index is 1430. The van der Waals surface area contributed by atoms with Crippen LogP contribution in [0.2, 0.25) is 0 Å². The lowest BCUT2D eigenvalue weighted by Gasteiger charge is -2.23. The zero-order valence-corrected chi connectivity index (χ0v) is 31.6. The van der Waals surface area contributed by atoms with Gasteiger partial charge < -0.3 is 19.0 Å². The van der Waals surface area contributed by atoms with Crippen molar-refractivity contribution in [3.8, 4) is 11.5 Å². The molecule has 2 amide bonds. The minimum absolute atomic E-state index is 0.0777. The fraction of sp³-hybridized carbons (Fsp3) is 0.622. The highest BCUT2D eigenvalue weighted by Crippen LogP contribution is 2.39. The predicted octanol–water partition coefficient (Wildman–Crippen LogP) is 8.58.